The van der Waals surface area contributed by atoms with Crippen LogP contribution >= 0.6 is 0 Å². The van der Waals surface area contributed by atoms with Crippen molar-refractivity contribution in [1.82, 2.24) is 24.7 Å². The SMILES string of the molecule is c1coc(C2NC3=NCN(CCN4CCOCC4)CN3c3nc4ccccc4n32)c1. The number of ether oxygens (including phenoxy) is 1. The smallest absolute Gasteiger partial charge is 0.216 e. The number of aromatic nitrogens is 2. The minimum Gasteiger partial charge on any atom is -0.465 e. The molecule has 9 heteroatoms. The fourth-order valence-corrected chi connectivity index (χ4v) is 4.40. The van der Waals surface area contributed by atoms with Crippen molar-refractivity contribution in [3.05, 3.63) is 48.4 Å². The maximum absolute atomic E-state index is 5.74. The van der Waals surface area contributed by atoms with Crippen LogP contribution in [0.5, 0.6) is 0 Å². The van der Waals surface area contributed by atoms with Crippen LogP contribution in [0.2, 0.25) is 0 Å². The lowest BCUT2D eigenvalue weighted by atomic mass is 10.2. The minimum absolute atomic E-state index is 0.169. The predicted octanol–water partition coefficient (Wildman–Crippen LogP) is 1.50. The molecule has 0 spiro atoms. The molecule has 1 unspecified atom stereocenters. The van der Waals surface area contributed by atoms with Crippen molar-refractivity contribution >= 4 is 22.9 Å². The number of rotatable bonds is 4. The summed E-state index contributed by atoms with van der Waals surface area (Å²) in [7, 11) is 0. The van der Waals surface area contributed by atoms with E-state index < -0.39 is 0 Å². The quantitative estimate of drug-likeness (QED) is 0.703. The van der Waals surface area contributed by atoms with Gasteiger partial charge in [-0.05, 0) is 24.3 Å². The van der Waals surface area contributed by atoms with E-state index in [1.54, 1.807) is 6.26 Å². The molecule has 0 aliphatic carbocycles. The summed E-state index contributed by atoms with van der Waals surface area (Å²) in [5.74, 6) is 2.59. The Labute approximate surface area is 174 Å². The summed E-state index contributed by atoms with van der Waals surface area (Å²) >= 11 is 0. The van der Waals surface area contributed by atoms with E-state index in [1.165, 1.54) is 0 Å². The van der Waals surface area contributed by atoms with Gasteiger partial charge in [0, 0.05) is 26.2 Å². The number of nitrogens with zero attached hydrogens (tertiary/aromatic N) is 6. The van der Waals surface area contributed by atoms with Crippen LogP contribution in [0.3, 0.4) is 0 Å². The second kappa shape index (κ2) is 7.42. The zero-order valence-corrected chi connectivity index (χ0v) is 16.8. The Kier molecular flexibility index (Phi) is 4.44. The number of guanidine groups is 1. The number of para-hydroxylation sites is 2. The van der Waals surface area contributed by atoms with Gasteiger partial charge >= 0.3 is 0 Å². The van der Waals surface area contributed by atoms with Gasteiger partial charge in [-0.3, -0.25) is 19.3 Å². The van der Waals surface area contributed by atoms with Gasteiger partial charge in [-0.2, -0.15) is 0 Å². The maximum Gasteiger partial charge on any atom is 0.216 e. The first-order valence-electron chi connectivity index (χ1n) is 10.5. The van der Waals surface area contributed by atoms with E-state index in [0.717, 1.165) is 74.8 Å². The molecule has 5 heterocycles. The van der Waals surface area contributed by atoms with Gasteiger partial charge < -0.3 is 14.5 Å². The molecule has 1 aromatic carbocycles. The number of furan rings is 1. The Hall–Kier alpha value is -2.88. The molecule has 1 N–H and O–H groups in total. The molecule has 0 bridgehead atoms. The third-order valence-electron chi connectivity index (χ3n) is 6.01. The molecule has 0 radical (unpaired) electrons. The highest BCUT2D eigenvalue weighted by Crippen LogP contribution is 2.33. The average molecular weight is 407 g/mol. The Morgan fingerprint density at radius 1 is 1.03 bits per heavy atom. The fourth-order valence-electron chi connectivity index (χ4n) is 4.40. The number of morpholine rings is 1. The van der Waals surface area contributed by atoms with E-state index in [1.807, 2.05) is 24.3 Å². The highest BCUT2D eigenvalue weighted by molar-refractivity contribution is 5.98. The summed E-state index contributed by atoms with van der Waals surface area (Å²) in [6.07, 6.45) is 1.54. The number of nitrogens with one attached hydrogen (secondary N) is 1. The summed E-state index contributed by atoms with van der Waals surface area (Å²) in [4.78, 5) is 16.8. The molecular formula is C21H25N7O2. The number of anilines is 1. The monoisotopic (exact) mass is 407 g/mol. The maximum atomic E-state index is 5.74. The molecule has 2 aromatic heterocycles. The molecule has 156 valence electrons. The molecule has 0 amide bonds. The van der Waals surface area contributed by atoms with Crippen LogP contribution in [-0.2, 0) is 4.74 Å². The normalized spacial score (nSPS) is 22.5. The van der Waals surface area contributed by atoms with E-state index in [-0.39, 0.29) is 6.17 Å². The Balaban J connectivity index is 1.31. The molecule has 0 saturated carbocycles. The van der Waals surface area contributed by atoms with Gasteiger partial charge in [-0.1, -0.05) is 12.1 Å². The topological polar surface area (TPSA) is 74.3 Å². The van der Waals surface area contributed by atoms with Crippen LogP contribution in [0.1, 0.15) is 11.9 Å². The lowest BCUT2D eigenvalue weighted by molar-refractivity contribution is 0.0334. The fraction of sp³-hybridized carbons (Fsp3) is 0.429. The molecule has 3 aromatic rings. The van der Waals surface area contributed by atoms with E-state index in [2.05, 4.69) is 36.7 Å². The van der Waals surface area contributed by atoms with E-state index in [0.29, 0.717) is 6.67 Å². The molecule has 1 fully saturated rings. The molecule has 3 aliphatic heterocycles. The van der Waals surface area contributed by atoms with E-state index in [4.69, 9.17) is 19.1 Å². The summed E-state index contributed by atoms with van der Waals surface area (Å²) in [6, 6.07) is 12.1. The van der Waals surface area contributed by atoms with Crippen molar-refractivity contribution in [3.8, 4) is 0 Å². The first-order chi connectivity index (χ1) is 14.9. The van der Waals surface area contributed by atoms with Crippen LogP contribution in [0.25, 0.3) is 11.0 Å². The highest BCUT2D eigenvalue weighted by Gasteiger charge is 2.36. The van der Waals surface area contributed by atoms with Gasteiger partial charge in [0.1, 0.15) is 5.76 Å². The molecule has 9 nitrogen and oxygen atoms in total. The highest BCUT2D eigenvalue weighted by atomic mass is 16.5. The minimum atomic E-state index is -0.169. The van der Waals surface area contributed by atoms with Crippen molar-refractivity contribution in [2.75, 3.05) is 57.6 Å². The van der Waals surface area contributed by atoms with Crippen LogP contribution in [0, 0.1) is 0 Å². The lowest BCUT2D eigenvalue weighted by Crippen LogP contribution is -2.58. The van der Waals surface area contributed by atoms with Crippen molar-refractivity contribution in [3.63, 3.8) is 0 Å². The average Bonchev–Trinajstić information content (AvgIpc) is 3.46. The Morgan fingerprint density at radius 3 is 2.77 bits per heavy atom. The zero-order valence-electron chi connectivity index (χ0n) is 16.8. The second-order valence-electron chi connectivity index (χ2n) is 7.87. The van der Waals surface area contributed by atoms with Gasteiger partial charge in [-0.15, -0.1) is 0 Å². The largest absolute Gasteiger partial charge is 0.465 e. The molecule has 1 atom stereocenters. The lowest BCUT2D eigenvalue weighted by Gasteiger charge is -2.41. The first kappa shape index (κ1) is 17.9. The van der Waals surface area contributed by atoms with Gasteiger partial charge in [0.2, 0.25) is 11.9 Å². The number of aliphatic imine (C=N–C) groups is 1. The summed E-state index contributed by atoms with van der Waals surface area (Å²) in [5, 5.41) is 3.57. The molecule has 1 saturated heterocycles. The second-order valence-corrected chi connectivity index (χ2v) is 7.87. The number of imidazole rings is 1. The van der Waals surface area contributed by atoms with Crippen molar-refractivity contribution in [2.24, 2.45) is 4.99 Å². The Bertz CT molecular complexity index is 1050. The summed E-state index contributed by atoms with van der Waals surface area (Å²) < 4.78 is 13.4. The molecule has 3 aliphatic rings. The van der Waals surface area contributed by atoms with Gasteiger partial charge in [-0.25, -0.2) is 9.98 Å². The molecular weight excluding hydrogens is 382 g/mol. The molecule has 6 rings (SSSR count). The van der Waals surface area contributed by atoms with Crippen molar-refractivity contribution in [1.29, 1.82) is 0 Å². The first-order valence-corrected chi connectivity index (χ1v) is 10.5. The van der Waals surface area contributed by atoms with E-state index in [9.17, 15) is 0 Å². The summed E-state index contributed by atoms with van der Waals surface area (Å²) in [6.45, 7) is 7.10. The third-order valence-corrected chi connectivity index (χ3v) is 6.01. The molecule has 30 heavy (non-hydrogen) atoms. The van der Waals surface area contributed by atoms with Crippen molar-refractivity contribution in [2.45, 2.75) is 6.17 Å². The van der Waals surface area contributed by atoms with Crippen LogP contribution in [0.15, 0.2) is 52.1 Å². The predicted molar refractivity (Wildman–Crippen MR) is 113 cm³/mol. The number of hydrogen-bond acceptors (Lipinski definition) is 8. The van der Waals surface area contributed by atoms with Crippen LogP contribution in [0.4, 0.5) is 5.95 Å². The van der Waals surface area contributed by atoms with Gasteiger partial charge in [0.15, 0.2) is 6.17 Å². The van der Waals surface area contributed by atoms with Crippen LogP contribution < -0.4 is 10.2 Å². The number of fused-ring (bicyclic) bond motifs is 5. The zero-order chi connectivity index (χ0) is 19.9. The van der Waals surface area contributed by atoms with Gasteiger partial charge in [0.25, 0.3) is 0 Å². The van der Waals surface area contributed by atoms with Gasteiger partial charge in [0.05, 0.1) is 43.8 Å². The van der Waals surface area contributed by atoms with Crippen LogP contribution in [-0.4, -0.2) is 78.0 Å². The number of hydrogen-bond donors (Lipinski definition) is 1. The number of benzene rings is 1. The third kappa shape index (κ3) is 3.06. The van der Waals surface area contributed by atoms with E-state index >= 15 is 0 Å². The van der Waals surface area contributed by atoms with Crippen molar-refractivity contribution < 1.29 is 9.15 Å². The standard InChI is InChI=1S/C21H25N7O2/c1-2-5-17-16(4-1)23-21-27-15-26(8-7-25-9-12-29-13-10-25)14-22-20(27)24-19(28(17)21)18-6-3-11-30-18/h1-6,11,19H,7-10,12-15H2,(H,22,24). The summed E-state index contributed by atoms with van der Waals surface area (Å²) in [5.41, 5.74) is 2.04. The Morgan fingerprint density at radius 2 is 1.90 bits per heavy atom.